The van der Waals surface area contributed by atoms with Crippen LogP contribution in [0.5, 0.6) is 5.75 Å². The number of methoxy groups -OCH3 is 1. The number of hydrogen-bond donors (Lipinski definition) is 2. The van der Waals surface area contributed by atoms with E-state index in [9.17, 15) is 0 Å². The number of benzene rings is 1. The van der Waals surface area contributed by atoms with Crippen LogP contribution in [0.3, 0.4) is 0 Å². The fraction of sp³-hybridized carbons (Fsp3) is 0.125. The second kappa shape index (κ2) is 5.66. The lowest BCUT2D eigenvalue weighted by molar-refractivity contribution is 0.415. The van der Waals surface area contributed by atoms with Crippen LogP contribution in [0.1, 0.15) is 5.56 Å². The summed E-state index contributed by atoms with van der Waals surface area (Å²) >= 11 is 0. The summed E-state index contributed by atoms with van der Waals surface area (Å²) in [5, 5.41) is 10.2. The van der Waals surface area contributed by atoms with Crippen molar-refractivity contribution >= 4 is 11.5 Å². The lowest BCUT2D eigenvalue weighted by Gasteiger charge is -2.11. The minimum atomic E-state index is 0.831. The average Bonchev–Trinajstić information content (AvgIpc) is 3.04. The second-order valence-corrected chi connectivity index (χ2v) is 4.67. The monoisotopic (exact) mass is 280 g/mol. The highest BCUT2D eigenvalue weighted by molar-refractivity contribution is 5.73. The Bertz CT molecular complexity index is 721. The van der Waals surface area contributed by atoms with E-state index in [1.807, 2.05) is 43.5 Å². The topological polar surface area (TPSA) is 62.8 Å². The van der Waals surface area contributed by atoms with E-state index in [2.05, 4.69) is 20.5 Å². The smallest absolute Gasteiger partial charge is 0.133 e. The van der Waals surface area contributed by atoms with Gasteiger partial charge in [0, 0.05) is 23.6 Å². The molecule has 1 aromatic carbocycles. The number of rotatable bonds is 4. The minimum Gasteiger partial charge on any atom is -0.497 e. The van der Waals surface area contributed by atoms with Gasteiger partial charge in [0.05, 0.1) is 13.3 Å². The van der Waals surface area contributed by atoms with Gasteiger partial charge in [0.2, 0.25) is 0 Å². The van der Waals surface area contributed by atoms with E-state index in [0.717, 1.165) is 33.9 Å². The molecule has 2 aromatic heterocycles. The Hall–Kier alpha value is -2.82. The van der Waals surface area contributed by atoms with Gasteiger partial charge >= 0.3 is 0 Å². The molecule has 3 aromatic rings. The zero-order valence-electron chi connectivity index (χ0n) is 11.9. The molecule has 5 nitrogen and oxygen atoms in total. The summed E-state index contributed by atoms with van der Waals surface area (Å²) in [6.07, 6.45) is 5.47. The average molecular weight is 280 g/mol. The van der Waals surface area contributed by atoms with Crippen molar-refractivity contribution < 1.29 is 4.74 Å². The van der Waals surface area contributed by atoms with Crippen LogP contribution in [0.25, 0.3) is 11.1 Å². The number of aromatic nitrogens is 3. The number of anilines is 2. The largest absolute Gasteiger partial charge is 0.497 e. The van der Waals surface area contributed by atoms with Gasteiger partial charge in [0.1, 0.15) is 11.6 Å². The Morgan fingerprint density at radius 1 is 1.14 bits per heavy atom. The number of nitrogens with zero attached hydrogens (tertiary/aromatic N) is 2. The van der Waals surface area contributed by atoms with Gasteiger partial charge in [-0.25, -0.2) is 4.98 Å². The van der Waals surface area contributed by atoms with Gasteiger partial charge in [-0.3, -0.25) is 5.10 Å². The van der Waals surface area contributed by atoms with Crippen molar-refractivity contribution in [2.75, 3.05) is 12.4 Å². The molecule has 0 aliphatic rings. The van der Waals surface area contributed by atoms with E-state index in [0.29, 0.717) is 0 Å². The maximum Gasteiger partial charge on any atom is 0.133 e. The van der Waals surface area contributed by atoms with Crippen LogP contribution in [-0.4, -0.2) is 22.3 Å². The number of hydrogen-bond acceptors (Lipinski definition) is 4. The molecule has 0 radical (unpaired) electrons. The minimum absolute atomic E-state index is 0.831. The summed E-state index contributed by atoms with van der Waals surface area (Å²) < 4.78 is 5.16. The summed E-state index contributed by atoms with van der Waals surface area (Å²) in [5.41, 5.74) is 4.20. The molecule has 0 spiro atoms. The van der Waals surface area contributed by atoms with Crippen molar-refractivity contribution in [3.63, 3.8) is 0 Å². The summed E-state index contributed by atoms with van der Waals surface area (Å²) in [4.78, 5) is 4.41. The van der Waals surface area contributed by atoms with Gasteiger partial charge in [-0.15, -0.1) is 0 Å². The summed E-state index contributed by atoms with van der Waals surface area (Å²) in [7, 11) is 1.66. The van der Waals surface area contributed by atoms with Gasteiger partial charge < -0.3 is 10.1 Å². The molecule has 0 atom stereocenters. The highest BCUT2D eigenvalue weighted by atomic mass is 16.5. The number of aromatic amines is 1. The van der Waals surface area contributed by atoms with Crippen molar-refractivity contribution in [3.05, 3.63) is 54.5 Å². The molecule has 21 heavy (non-hydrogen) atoms. The molecule has 0 saturated carbocycles. The molecule has 2 heterocycles. The molecule has 0 fully saturated rings. The van der Waals surface area contributed by atoms with Crippen molar-refractivity contribution in [3.8, 4) is 16.9 Å². The normalized spacial score (nSPS) is 10.4. The first kappa shape index (κ1) is 13.2. The van der Waals surface area contributed by atoms with E-state index < -0.39 is 0 Å². The number of ether oxygens (including phenoxy) is 1. The Morgan fingerprint density at radius 3 is 2.62 bits per heavy atom. The molecule has 0 amide bonds. The van der Waals surface area contributed by atoms with Gasteiger partial charge in [-0.1, -0.05) is 0 Å². The quantitative estimate of drug-likeness (QED) is 0.767. The lowest BCUT2D eigenvalue weighted by atomic mass is 10.1. The molecule has 0 aliphatic heterocycles. The molecular weight excluding hydrogens is 264 g/mol. The second-order valence-electron chi connectivity index (χ2n) is 4.67. The van der Waals surface area contributed by atoms with Crippen molar-refractivity contribution in [2.45, 2.75) is 6.92 Å². The predicted octanol–water partition coefficient (Wildman–Crippen LogP) is 3.53. The highest BCUT2D eigenvalue weighted by Crippen LogP contribution is 2.28. The molecule has 106 valence electrons. The van der Waals surface area contributed by atoms with E-state index in [1.165, 1.54) is 0 Å². The van der Waals surface area contributed by atoms with Crippen LogP contribution < -0.4 is 10.1 Å². The maximum atomic E-state index is 5.16. The van der Waals surface area contributed by atoms with Crippen LogP contribution >= 0.6 is 0 Å². The standard InChI is InChI=1S/C16H16N4O/c1-11-15(12-9-18-19-10-12)7-8-17-16(11)20-13-3-5-14(21-2)6-4-13/h3-10H,1-2H3,(H,17,20)(H,18,19). The molecule has 0 bridgehead atoms. The number of nitrogens with one attached hydrogen (secondary N) is 2. The van der Waals surface area contributed by atoms with Crippen molar-refractivity contribution in [2.24, 2.45) is 0 Å². The van der Waals surface area contributed by atoms with Crippen molar-refractivity contribution in [1.82, 2.24) is 15.2 Å². The molecule has 0 aliphatic carbocycles. The van der Waals surface area contributed by atoms with Crippen LogP contribution in [0, 0.1) is 6.92 Å². The Balaban J connectivity index is 1.90. The number of pyridine rings is 1. The van der Waals surface area contributed by atoms with Crippen LogP contribution in [0.4, 0.5) is 11.5 Å². The van der Waals surface area contributed by atoms with Gasteiger partial charge in [0.15, 0.2) is 0 Å². The zero-order chi connectivity index (χ0) is 14.7. The van der Waals surface area contributed by atoms with Gasteiger partial charge in [-0.2, -0.15) is 5.10 Å². The summed E-state index contributed by atoms with van der Waals surface area (Å²) in [6, 6.07) is 9.74. The Labute approximate surface area is 123 Å². The SMILES string of the molecule is COc1ccc(Nc2nccc(-c3cn[nH]c3)c2C)cc1. The van der Waals surface area contributed by atoms with E-state index in [4.69, 9.17) is 4.74 Å². The van der Waals surface area contributed by atoms with Crippen LogP contribution in [-0.2, 0) is 0 Å². The fourth-order valence-electron chi connectivity index (χ4n) is 2.18. The van der Waals surface area contributed by atoms with E-state index in [1.54, 1.807) is 19.5 Å². The molecule has 0 saturated heterocycles. The lowest BCUT2D eigenvalue weighted by Crippen LogP contribution is -1.97. The molecular formula is C16H16N4O. The third kappa shape index (κ3) is 2.72. The third-order valence-corrected chi connectivity index (χ3v) is 3.37. The summed E-state index contributed by atoms with van der Waals surface area (Å²) in [6.45, 7) is 2.04. The Morgan fingerprint density at radius 2 is 1.95 bits per heavy atom. The third-order valence-electron chi connectivity index (χ3n) is 3.37. The van der Waals surface area contributed by atoms with E-state index in [-0.39, 0.29) is 0 Å². The first-order valence-corrected chi connectivity index (χ1v) is 6.64. The van der Waals surface area contributed by atoms with Gasteiger partial charge in [0.25, 0.3) is 0 Å². The van der Waals surface area contributed by atoms with E-state index >= 15 is 0 Å². The first-order chi connectivity index (χ1) is 10.3. The molecule has 0 unspecified atom stereocenters. The van der Waals surface area contributed by atoms with Crippen LogP contribution in [0.2, 0.25) is 0 Å². The first-order valence-electron chi connectivity index (χ1n) is 6.64. The molecule has 5 heteroatoms. The zero-order valence-corrected chi connectivity index (χ0v) is 11.9. The fourth-order valence-corrected chi connectivity index (χ4v) is 2.18. The molecule has 3 rings (SSSR count). The molecule has 2 N–H and O–H groups in total. The maximum absolute atomic E-state index is 5.16. The Kier molecular flexibility index (Phi) is 3.55. The highest BCUT2D eigenvalue weighted by Gasteiger charge is 2.08. The van der Waals surface area contributed by atoms with Crippen molar-refractivity contribution in [1.29, 1.82) is 0 Å². The number of H-pyrrole nitrogens is 1. The van der Waals surface area contributed by atoms with Crippen LogP contribution in [0.15, 0.2) is 48.9 Å². The predicted molar refractivity (Wildman–Crippen MR) is 82.8 cm³/mol. The summed E-state index contributed by atoms with van der Waals surface area (Å²) in [5.74, 6) is 1.66. The van der Waals surface area contributed by atoms with Gasteiger partial charge in [-0.05, 0) is 48.4 Å².